The van der Waals surface area contributed by atoms with E-state index in [1.165, 1.54) is 0 Å². The minimum Gasteiger partial charge on any atom is -0.465 e. The van der Waals surface area contributed by atoms with Crippen LogP contribution in [0.4, 0.5) is 0 Å². The highest BCUT2D eigenvalue weighted by atomic mass is 16.5. The molecule has 1 heterocycles. The molecule has 0 amide bonds. The van der Waals surface area contributed by atoms with Crippen molar-refractivity contribution in [3.63, 3.8) is 0 Å². The zero-order valence-electron chi connectivity index (χ0n) is 12.7. The number of ether oxygens (including phenoxy) is 2. The van der Waals surface area contributed by atoms with E-state index in [0.717, 1.165) is 39.1 Å². The third-order valence-corrected chi connectivity index (χ3v) is 4.00. The van der Waals surface area contributed by atoms with Gasteiger partial charge in [-0.2, -0.15) is 0 Å². The van der Waals surface area contributed by atoms with Crippen LogP contribution in [0, 0.1) is 0 Å². The Hall–Kier alpha value is -0.650. The van der Waals surface area contributed by atoms with Crippen LogP contribution in [0.15, 0.2) is 0 Å². The molecule has 1 aliphatic rings. The number of rotatable bonds is 7. The maximum absolute atomic E-state index is 12.0. The van der Waals surface area contributed by atoms with Gasteiger partial charge in [-0.1, -0.05) is 6.92 Å². The average Bonchev–Trinajstić information content (AvgIpc) is 2.45. The molecule has 19 heavy (non-hydrogen) atoms. The first-order valence-corrected chi connectivity index (χ1v) is 7.25. The van der Waals surface area contributed by atoms with Crippen LogP contribution in [0.1, 0.15) is 33.6 Å². The normalized spacial score (nSPS) is 23.9. The van der Waals surface area contributed by atoms with E-state index in [1.807, 2.05) is 20.9 Å². The number of esters is 1. The van der Waals surface area contributed by atoms with E-state index in [-0.39, 0.29) is 5.97 Å². The molecule has 1 rings (SSSR count). The lowest BCUT2D eigenvalue weighted by atomic mass is 9.97. The molecule has 0 spiro atoms. The lowest BCUT2D eigenvalue weighted by Gasteiger charge is -2.37. The Morgan fingerprint density at radius 2 is 2.26 bits per heavy atom. The summed E-state index contributed by atoms with van der Waals surface area (Å²) < 4.78 is 10.6. The SMILES string of the molecule is CCOC(=O)C(C)(CCN1CCOCC1CC)NC. The second-order valence-electron chi connectivity index (χ2n) is 5.23. The smallest absolute Gasteiger partial charge is 0.326 e. The van der Waals surface area contributed by atoms with Gasteiger partial charge in [0, 0.05) is 19.1 Å². The van der Waals surface area contributed by atoms with Crippen molar-refractivity contribution in [2.24, 2.45) is 0 Å². The van der Waals surface area contributed by atoms with Crippen LogP contribution in [0.5, 0.6) is 0 Å². The second-order valence-corrected chi connectivity index (χ2v) is 5.23. The van der Waals surface area contributed by atoms with Crippen molar-refractivity contribution in [3.8, 4) is 0 Å². The summed E-state index contributed by atoms with van der Waals surface area (Å²) in [5, 5.41) is 3.10. The van der Waals surface area contributed by atoms with E-state index in [4.69, 9.17) is 9.47 Å². The number of nitrogens with one attached hydrogen (secondary N) is 1. The third kappa shape index (κ3) is 4.44. The molecule has 2 atom stereocenters. The summed E-state index contributed by atoms with van der Waals surface area (Å²) in [5.74, 6) is -0.168. The minimum atomic E-state index is -0.605. The fraction of sp³-hybridized carbons (Fsp3) is 0.929. The molecule has 1 N–H and O–H groups in total. The number of nitrogens with zero attached hydrogens (tertiary/aromatic N) is 1. The van der Waals surface area contributed by atoms with Gasteiger partial charge in [0.2, 0.25) is 0 Å². The van der Waals surface area contributed by atoms with Crippen LogP contribution in [-0.2, 0) is 14.3 Å². The van der Waals surface area contributed by atoms with Gasteiger partial charge in [0.1, 0.15) is 5.54 Å². The van der Waals surface area contributed by atoms with Crippen molar-refractivity contribution in [3.05, 3.63) is 0 Å². The molecule has 2 unspecified atom stereocenters. The van der Waals surface area contributed by atoms with Gasteiger partial charge in [0.15, 0.2) is 0 Å². The Balaban J connectivity index is 2.53. The van der Waals surface area contributed by atoms with Gasteiger partial charge < -0.3 is 14.8 Å². The van der Waals surface area contributed by atoms with Crippen LogP contribution in [0.2, 0.25) is 0 Å². The number of carbonyl (C=O) groups excluding carboxylic acids is 1. The molecule has 5 heteroatoms. The van der Waals surface area contributed by atoms with Gasteiger partial charge in [0.25, 0.3) is 0 Å². The molecule has 5 nitrogen and oxygen atoms in total. The van der Waals surface area contributed by atoms with E-state index in [0.29, 0.717) is 12.6 Å². The highest BCUT2D eigenvalue weighted by Gasteiger charge is 2.34. The fourth-order valence-corrected chi connectivity index (χ4v) is 2.35. The van der Waals surface area contributed by atoms with E-state index in [2.05, 4.69) is 17.1 Å². The molecule has 0 aromatic carbocycles. The summed E-state index contributed by atoms with van der Waals surface area (Å²) in [4.78, 5) is 14.4. The third-order valence-electron chi connectivity index (χ3n) is 4.00. The van der Waals surface area contributed by atoms with Gasteiger partial charge in [-0.25, -0.2) is 0 Å². The minimum absolute atomic E-state index is 0.168. The molecule has 0 radical (unpaired) electrons. The fourth-order valence-electron chi connectivity index (χ4n) is 2.35. The van der Waals surface area contributed by atoms with Gasteiger partial charge in [-0.3, -0.25) is 9.69 Å². The molecule has 0 bridgehead atoms. The number of carbonyl (C=O) groups is 1. The lowest BCUT2D eigenvalue weighted by molar-refractivity contribution is -0.151. The molecule has 0 aliphatic carbocycles. The van der Waals surface area contributed by atoms with E-state index in [1.54, 1.807) is 0 Å². The monoisotopic (exact) mass is 272 g/mol. The maximum Gasteiger partial charge on any atom is 0.326 e. The Morgan fingerprint density at radius 1 is 1.53 bits per heavy atom. The van der Waals surface area contributed by atoms with Crippen LogP contribution >= 0.6 is 0 Å². The highest BCUT2D eigenvalue weighted by molar-refractivity contribution is 5.80. The second kappa shape index (κ2) is 7.82. The Morgan fingerprint density at radius 3 is 2.84 bits per heavy atom. The molecule has 1 aliphatic heterocycles. The van der Waals surface area contributed by atoms with Crippen molar-refractivity contribution in [1.29, 1.82) is 0 Å². The van der Waals surface area contributed by atoms with Crippen molar-refractivity contribution in [2.75, 3.05) is 40.0 Å². The van der Waals surface area contributed by atoms with Gasteiger partial charge >= 0.3 is 5.97 Å². The van der Waals surface area contributed by atoms with Gasteiger partial charge in [-0.05, 0) is 33.7 Å². The molecule has 1 fully saturated rings. The van der Waals surface area contributed by atoms with Gasteiger partial charge in [0.05, 0.1) is 19.8 Å². The topological polar surface area (TPSA) is 50.8 Å². The van der Waals surface area contributed by atoms with Crippen LogP contribution in [0.3, 0.4) is 0 Å². The van der Waals surface area contributed by atoms with Crippen LogP contribution in [-0.4, -0.2) is 62.4 Å². The zero-order chi connectivity index (χ0) is 14.3. The summed E-state index contributed by atoms with van der Waals surface area (Å²) in [6.07, 6.45) is 1.83. The van der Waals surface area contributed by atoms with Crippen molar-refractivity contribution >= 4 is 5.97 Å². The Bertz CT molecular complexity index is 286. The number of hydrogen-bond donors (Lipinski definition) is 1. The zero-order valence-corrected chi connectivity index (χ0v) is 12.7. The molecule has 0 aromatic heterocycles. The van der Waals surface area contributed by atoms with Crippen molar-refractivity contribution in [2.45, 2.75) is 45.2 Å². The predicted octanol–water partition coefficient (Wildman–Crippen LogP) is 1.03. The summed E-state index contributed by atoms with van der Waals surface area (Å²) in [5.41, 5.74) is -0.605. The average molecular weight is 272 g/mol. The van der Waals surface area contributed by atoms with Crippen LogP contribution < -0.4 is 5.32 Å². The predicted molar refractivity (Wildman–Crippen MR) is 75.2 cm³/mol. The first kappa shape index (κ1) is 16.4. The molecular weight excluding hydrogens is 244 g/mol. The van der Waals surface area contributed by atoms with Crippen molar-refractivity contribution in [1.82, 2.24) is 10.2 Å². The summed E-state index contributed by atoms with van der Waals surface area (Å²) in [6, 6.07) is 0.469. The first-order valence-electron chi connectivity index (χ1n) is 7.25. The Labute approximate surface area is 116 Å². The molecule has 0 saturated carbocycles. The number of morpholine rings is 1. The molecule has 0 aromatic rings. The van der Waals surface area contributed by atoms with Crippen molar-refractivity contribution < 1.29 is 14.3 Å². The Kier molecular flexibility index (Phi) is 6.75. The maximum atomic E-state index is 12.0. The molecular formula is C14H28N2O3. The highest BCUT2D eigenvalue weighted by Crippen LogP contribution is 2.16. The van der Waals surface area contributed by atoms with Gasteiger partial charge in [-0.15, -0.1) is 0 Å². The summed E-state index contributed by atoms with van der Waals surface area (Å²) >= 11 is 0. The lowest BCUT2D eigenvalue weighted by Crippen LogP contribution is -2.53. The summed E-state index contributed by atoms with van der Waals surface area (Å²) in [6.45, 7) is 9.76. The number of likely N-dealkylation sites (N-methyl/N-ethyl adjacent to an activating group) is 1. The quantitative estimate of drug-likeness (QED) is 0.702. The molecule has 112 valence electrons. The summed E-state index contributed by atoms with van der Waals surface area (Å²) in [7, 11) is 1.81. The standard InChI is InChI=1S/C14H28N2O3/c1-5-12-11-18-10-9-16(12)8-7-14(3,15-4)13(17)19-6-2/h12,15H,5-11H2,1-4H3. The first-order chi connectivity index (χ1) is 9.07. The largest absolute Gasteiger partial charge is 0.465 e. The van der Waals surface area contributed by atoms with E-state index in [9.17, 15) is 4.79 Å². The van der Waals surface area contributed by atoms with Crippen LogP contribution in [0.25, 0.3) is 0 Å². The van der Waals surface area contributed by atoms with E-state index >= 15 is 0 Å². The van der Waals surface area contributed by atoms with E-state index < -0.39 is 5.54 Å². The molecule has 1 saturated heterocycles. The number of hydrogen-bond acceptors (Lipinski definition) is 5.